The molecule has 0 aliphatic carbocycles. The molecule has 102 valence electrons. The first-order valence-electron chi connectivity index (χ1n) is 5.85. The number of nitrogens with one attached hydrogen (secondary N) is 1. The van der Waals surface area contributed by atoms with Crippen molar-refractivity contribution in [1.29, 1.82) is 0 Å². The smallest absolute Gasteiger partial charge is 0.209 e. The van der Waals surface area contributed by atoms with Crippen molar-refractivity contribution in [2.24, 2.45) is 5.14 Å². The van der Waals surface area contributed by atoms with E-state index in [-0.39, 0.29) is 5.75 Å². The molecule has 0 radical (unpaired) electrons. The molecular formula is C12H16N4O2S. The fraction of sp³-hybridized carbons (Fsp3) is 0.250. The Bertz CT molecular complexity index is 685. The SMILES string of the molecule is Nc1ccc2nc(NCCCS(N)(=O)=O)ccc2c1. The number of sulfonamides is 1. The highest BCUT2D eigenvalue weighted by atomic mass is 32.2. The summed E-state index contributed by atoms with van der Waals surface area (Å²) in [6.07, 6.45) is 0.445. The Labute approximate surface area is 111 Å². The molecule has 0 atom stereocenters. The van der Waals surface area contributed by atoms with E-state index in [1.54, 1.807) is 6.07 Å². The fourth-order valence-corrected chi connectivity index (χ4v) is 2.28. The van der Waals surface area contributed by atoms with Gasteiger partial charge in [0.25, 0.3) is 0 Å². The highest BCUT2D eigenvalue weighted by Gasteiger charge is 2.02. The highest BCUT2D eigenvalue weighted by molar-refractivity contribution is 7.89. The van der Waals surface area contributed by atoms with E-state index in [1.165, 1.54) is 0 Å². The second-order valence-electron chi connectivity index (χ2n) is 4.30. The molecule has 2 rings (SSSR count). The van der Waals surface area contributed by atoms with E-state index in [4.69, 9.17) is 10.9 Å². The van der Waals surface area contributed by atoms with E-state index in [9.17, 15) is 8.42 Å². The van der Waals surface area contributed by atoms with Crippen LogP contribution in [0.15, 0.2) is 30.3 Å². The van der Waals surface area contributed by atoms with Crippen LogP contribution in [0.2, 0.25) is 0 Å². The lowest BCUT2D eigenvalue weighted by Gasteiger charge is -2.06. The summed E-state index contributed by atoms with van der Waals surface area (Å²) in [7, 11) is -3.39. The van der Waals surface area contributed by atoms with Crippen LogP contribution in [0.4, 0.5) is 11.5 Å². The van der Waals surface area contributed by atoms with E-state index < -0.39 is 10.0 Å². The van der Waals surface area contributed by atoms with E-state index in [0.717, 1.165) is 10.9 Å². The Hall–Kier alpha value is -1.86. The third-order valence-electron chi connectivity index (χ3n) is 2.63. The molecule has 7 heteroatoms. The van der Waals surface area contributed by atoms with E-state index in [1.807, 2.05) is 24.3 Å². The van der Waals surface area contributed by atoms with Gasteiger partial charge >= 0.3 is 0 Å². The molecule has 0 aliphatic heterocycles. The molecule has 1 aromatic heterocycles. The van der Waals surface area contributed by atoms with Crippen molar-refractivity contribution in [2.45, 2.75) is 6.42 Å². The third kappa shape index (κ3) is 4.08. The maximum atomic E-state index is 10.8. The van der Waals surface area contributed by atoms with Gasteiger partial charge in [-0.25, -0.2) is 18.5 Å². The standard InChI is InChI=1S/C12H16N4O2S/c13-10-3-4-11-9(8-10)2-5-12(16-11)15-6-1-7-19(14,17)18/h2-5,8H,1,6-7,13H2,(H,15,16)(H2,14,17,18). The van der Waals surface area contributed by atoms with Crippen molar-refractivity contribution in [1.82, 2.24) is 4.98 Å². The normalized spacial score (nSPS) is 11.6. The molecule has 6 nitrogen and oxygen atoms in total. The Morgan fingerprint density at radius 3 is 2.74 bits per heavy atom. The molecule has 1 aromatic carbocycles. The lowest BCUT2D eigenvalue weighted by molar-refractivity contribution is 0.595. The summed E-state index contributed by atoms with van der Waals surface area (Å²) in [5.41, 5.74) is 7.22. The maximum absolute atomic E-state index is 10.8. The first-order valence-corrected chi connectivity index (χ1v) is 7.56. The van der Waals surface area contributed by atoms with Crippen LogP contribution in [0.3, 0.4) is 0 Å². The average molecular weight is 280 g/mol. The summed E-state index contributed by atoms with van der Waals surface area (Å²) in [5, 5.41) is 8.95. The molecule has 0 amide bonds. The average Bonchev–Trinajstić information content (AvgIpc) is 2.33. The first kappa shape index (κ1) is 13.6. The number of nitrogen functional groups attached to an aromatic ring is 1. The molecule has 1 heterocycles. The summed E-state index contributed by atoms with van der Waals surface area (Å²) in [4.78, 5) is 4.40. The lowest BCUT2D eigenvalue weighted by atomic mass is 10.2. The molecule has 2 aromatic rings. The fourth-order valence-electron chi connectivity index (χ4n) is 1.73. The van der Waals surface area contributed by atoms with Crippen LogP contribution in [-0.4, -0.2) is 25.7 Å². The topological polar surface area (TPSA) is 111 Å². The molecule has 0 unspecified atom stereocenters. The predicted octanol–water partition coefficient (Wildman–Crippen LogP) is 0.907. The summed E-state index contributed by atoms with van der Waals surface area (Å²) in [5.74, 6) is 0.663. The molecule has 0 saturated carbocycles. The number of primary sulfonamides is 1. The summed E-state index contributed by atoms with van der Waals surface area (Å²) in [6.45, 7) is 0.504. The molecule has 5 N–H and O–H groups in total. The zero-order valence-electron chi connectivity index (χ0n) is 10.3. The minimum atomic E-state index is -3.39. The van der Waals surface area contributed by atoms with Crippen LogP contribution < -0.4 is 16.2 Å². The second kappa shape index (κ2) is 5.41. The number of nitrogens with two attached hydrogens (primary N) is 2. The second-order valence-corrected chi connectivity index (χ2v) is 6.03. The van der Waals surface area contributed by atoms with Gasteiger partial charge in [0.05, 0.1) is 11.3 Å². The van der Waals surface area contributed by atoms with Gasteiger partial charge in [-0.1, -0.05) is 0 Å². The van der Waals surface area contributed by atoms with E-state index in [2.05, 4.69) is 10.3 Å². The summed E-state index contributed by atoms with van der Waals surface area (Å²) >= 11 is 0. The Morgan fingerprint density at radius 1 is 1.21 bits per heavy atom. The number of hydrogen-bond donors (Lipinski definition) is 3. The molecule has 0 spiro atoms. The van der Waals surface area contributed by atoms with Gasteiger partial charge in [-0.05, 0) is 36.8 Å². The number of aromatic nitrogens is 1. The number of fused-ring (bicyclic) bond motifs is 1. The van der Waals surface area contributed by atoms with Gasteiger partial charge in [0.2, 0.25) is 10.0 Å². The molecule has 0 bridgehead atoms. The van der Waals surface area contributed by atoms with Crippen LogP contribution in [0, 0.1) is 0 Å². The van der Waals surface area contributed by atoms with Gasteiger partial charge in [0.15, 0.2) is 0 Å². The summed E-state index contributed by atoms with van der Waals surface area (Å²) in [6, 6.07) is 9.24. The monoisotopic (exact) mass is 280 g/mol. The van der Waals surface area contributed by atoms with Gasteiger partial charge in [-0.3, -0.25) is 0 Å². The quantitative estimate of drug-likeness (QED) is 0.557. The van der Waals surface area contributed by atoms with Gasteiger partial charge in [0.1, 0.15) is 5.82 Å². The van der Waals surface area contributed by atoms with Crippen LogP contribution in [0.1, 0.15) is 6.42 Å². The van der Waals surface area contributed by atoms with Gasteiger partial charge < -0.3 is 11.1 Å². The molecular weight excluding hydrogens is 264 g/mol. The number of rotatable bonds is 5. The minimum absolute atomic E-state index is 0.0376. The Morgan fingerprint density at radius 2 is 2.00 bits per heavy atom. The number of nitrogens with zero attached hydrogens (tertiary/aromatic N) is 1. The molecule has 0 saturated heterocycles. The highest BCUT2D eigenvalue weighted by Crippen LogP contribution is 2.17. The number of anilines is 2. The molecule has 0 aliphatic rings. The lowest BCUT2D eigenvalue weighted by Crippen LogP contribution is -2.18. The van der Waals surface area contributed by atoms with Crippen molar-refractivity contribution in [3.8, 4) is 0 Å². The van der Waals surface area contributed by atoms with Gasteiger partial charge in [-0.2, -0.15) is 0 Å². The Balaban J connectivity index is 2.00. The largest absolute Gasteiger partial charge is 0.399 e. The van der Waals surface area contributed by atoms with Crippen LogP contribution in [-0.2, 0) is 10.0 Å². The Kier molecular flexibility index (Phi) is 3.87. The first-order chi connectivity index (χ1) is 8.94. The van der Waals surface area contributed by atoms with Crippen LogP contribution in [0.25, 0.3) is 10.9 Å². The van der Waals surface area contributed by atoms with Crippen LogP contribution in [0.5, 0.6) is 0 Å². The van der Waals surface area contributed by atoms with Crippen molar-refractivity contribution in [2.75, 3.05) is 23.3 Å². The van der Waals surface area contributed by atoms with Gasteiger partial charge in [0, 0.05) is 17.6 Å². The number of pyridine rings is 1. The predicted molar refractivity (Wildman–Crippen MR) is 77.2 cm³/mol. The summed E-state index contributed by atoms with van der Waals surface area (Å²) < 4.78 is 21.5. The van der Waals surface area contributed by atoms with E-state index in [0.29, 0.717) is 24.5 Å². The van der Waals surface area contributed by atoms with Crippen LogP contribution >= 0.6 is 0 Å². The zero-order valence-corrected chi connectivity index (χ0v) is 11.2. The minimum Gasteiger partial charge on any atom is -0.399 e. The van der Waals surface area contributed by atoms with E-state index >= 15 is 0 Å². The maximum Gasteiger partial charge on any atom is 0.209 e. The zero-order chi connectivity index (χ0) is 13.9. The molecule has 0 fully saturated rings. The van der Waals surface area contributed by atoms with Crippen molar-refractivity contribution >= 4 is 32.4 Å². The van der Waals surface area contributed by atoms with Crippen molar-refractivity contribution in [3.05, 3.63) is 30.3 Å². The third-order valence-corrected chi connectivity index (χ3v) is 3.48. The number of hydrogen-bond acceptors (Lipinski definition) is 5. The van der Waals surface area contributed by atoms with Crippen molar-refractivity contribution in [3.63, 3.8) is 0 Å². The van der Waals surface area contributed by atoms with Gasteiger partial charge in [-0.15, -0.1) is 0 Å². The number of benzene rings is 1. The van der Waals surface area contributed by atoms with Crippen molar-refractivity contribution < 1.29 is 8.42 Å². The molecule has 19 heavy (non-hydrogen) atoms.